The highest BCUT2D eigenvalue weighted by atomic mass is 35.5. The second-order valence-electron chi connectivity index (χ2n) is 9.35. The summed E-state index contributed by atoms with van der Waals surface area (Å²) in [6.07, 6.45) is 10.5. The smallest absolute Gasteiger partial charge is 0.302 e. The van der Waals surface area contributed by atoms with Gasteiger partial charge in [-0.2, -0.15) is 0 Å². The van der Waals surface area contributed by atoms with Crippen LogP contribution in [0.25, 0.3) is 0 Å². The Bertz CT molecular complexity index is 708. The molecule has 3 unspecified atom stereocenters. The van der Waals surface area contributed by atoms with Crippen LogP contribution < -0.4 is 0 Å². The first kappa shape index (κ1) is 18.3. The number of fused-ring (bicyclic) bond motifs is 5. The largest absolute Gasteiger partial charge is 0.462 e. The molecule has 0 aromatic rings. The third-order valence-electron chi connectivity index (χ3n) is 8.15. The van der Waals surface area contributed by atoms with E-state index in [1.165, 1.54) is 18.9 Å². The van der Waals surface area contributed by atoms with Gasteiger partial charge in [-0.1, -0.05) is 37.1 Å². The van der Waals surface area contributed by atoms with Gasteiger partial charge in [0.1, 0.15) is 12.4 Å². The summed E-state index contributed by atoms with van der Waals surface area (Å²) in [7, 11) is 0. The predicted octanol–water partition coefficient (Wildman–Crippen LogP) is 5.18. The number of halogens is 1. The van der Waals surface area contributed by atoms with Crippen LogP contribution in [0.2, 0.25) is 0 Å². The topological polar surface area (TPSA) is 43.4 Å². The quantitative estimate of drug-likeness (QED) is 0.378. The van der Waals surface area contributed by atoms with Gasteiger partial charge in [0.05, 0.1) is 0 Å². The summed E-state index contributed by atoms with van der Waals surface area (Å²) in [5.41, 5.74) is 2.51. The SMILES string of the molecule is CC(=O)O[C@@H]1CC[C@@]2(C)C(=CCC3C2CC[C@]2(C)C(Cl)=C(C=O)CC32)C1. The van der Waals surface area contributed by atoms with Gasteiger partial charge in [-0.05, 0) is 61.7 Å². The van der Waals surface area contributed by atoms with Crippen molar-refractivity contribution in [2.45, 2.75) is 71.8 Å². The van der Waals surface area contributed by atoms with Crippen LogP contribution in [0.3, 0.4) is 0 Å². The fraction of sp³-hybridized carbons (Fsp3) is 0.727. The van der Waals surface area contributed by atoms with E-state index < -0.39 is 0 Å². The van der Waals surface area contributed by atoms with Gasteiger partial charge in [-0.25, -0.2) is 0 Å². The normalized spacial score (nSPS) is 44.5. The molecule has 142 valence electrons. The number of aldehydes is 1. The lowest BCUT2D eigenvalue weighted by molar-refractivity contribution is -0.148. The van der Waals surface area contributed by atoms with E-state index in [0.29, 0.717) is 17.8 Å². The molecular weight excluding hydrogens is 348 g/mol. The Morgan fingerprint density at radius 1 is 1.19 bits per heavy atom. The molecular formula is C22H29ClO3. The molecule has 26 heavy (non-hydrogen) atoms. The number of ether oxygens (including phenoxy) is 1. The molecule has 3 nitrogen and oxygen atoms in total. The number of carbonyl (C=O) groups excluding carboxylic acids is 2. The lowest BCUT2D eigenvalue weighted by Crippen LogP contribution is -2.50. The molecule has 6 atom stereocenters. The van der Waals surface area contributed by atoms with E-state index in [1.54, 1.807) is 0 Å². The van der Waals surface area contributed by atoms with Crippen molar-refractivity contribution in [2.75, 3.05) is 0 Å². The molecule has 4 heteroatoms. The van der Waals surface area contributed by atoms with Gasteiger partial charge in [0.2, 0.25) is 0 Å². The molecule has 2 fully saturated rings. The standard InChI is InChI=1S/C22H29ClO3/c1-13(25)26-16-6-8-21(2)15(11-16)4-5-17-18(21)7-9-22(3)19(17)10-14(12-24)20(22)23/h4,12,16-19H,5-11H2,1-3H3/t16-,17?,18?,19?,21+,22+/m1/s1. The van der Waals surface area contributed by atoms with E-state index in [2.05, 4.69) is 19.9 Å². The van der Waals surface area contributed by atoms with E-state index in [-0.39, 0.29) is 22.9 Å². The molecule has 0 saturated heterocycles. The summed E-state index contributed by atoms with van der Waals surface area (Å²) in [5, 5.41) is 0.828. The van der Waals surface area contributed by atoms with E-state index in [4.69, 9.17) is 16.3 Å². The fourth-order valence-corrected chi connectivity index (χ4v) is 7.08. The Hall–Kier alpha value is -1.09. The number of hydrogen-bond acceptors (Lipinski definition) is 3. The summed E-state index contributed by atoms with van der Waals surface area (Å²) in [6, 6.07) is 0. The van der Waals surface area contributed by atoms with Crippen LogP contribution in [0.1, 0.15) is 65.7 Å². The molecule has 0 aromatic carbocycles. The number of hydrogen-bond donors (Lipinski definition) is 0. The molecule has 0 amide bonds. The van der Waals surface area contributed by atoms with Gasteiger partial charge >= 0.3 is 5.97 Å². The zero-order chi connectivity index (χ0) is 18.7. The van der Waals surface area contributed by atoms with E-state index in [0.717, 1.165) is 55.4 Å². The molecule has 0 heterocycles. The summed E-state index contributed by atoms with van der Waals surface area (Å²) in [4.78, 5) is 22.8. The maximum Gasteiger partial charge on any atom is 0.302 e. The zero-order valence-electron chi connectivity index (χ0n) is 16.0. The van der Waals surface area contributed by atoms with Crippen LogP contribution in [0.5, 0.6) is 0 Å². The van der Waals surface area contributed by atoms with E-state index >= 15 is 0 Å². The minimum atomic E-state index is -0.172. The fourth-order valence-electron chi connectivity index (χ4n) is 6.73. The van der Waals surface area contributed by atoms with Crippen molar-refractivity contribution >= 4 is 23.9 Å². The molecule has 0 aliphatic heterocycles. The Morgan fingerprint density at radius 2 is 1.92 bits per heavy atom. The third-order valence-corrected chi connectivity index (χ3v) is 8.82. The monoisotopic (exact) mass is 376 g/mol. The van der Waals surface area contributed by atoms with Crippen LogP contribution in [-0.4, -0.2) is 18.4 Å². The molecule has 0 N–H and O–H groups in total. The lowest BCUT2D eigenvalue weighted by atomic mass is 9.48. The molecule has 0 aromatic heterocycles. The van der Waals surface area contributed by atoms with Gasteiger partial charge < -0.3 is 4.74 Å². The number of allylic oxidation sites excluding steroid dienone is 3. The van der Waals surface area contributed by atoms with Crippen LogP contribution in [0.15, 0.2) is 22.3 Å². The van der Waals surface area contributed by atoms with Crippen molar-refractivity contribution in [3.05, 3.63) is 22.3 Å². The number of rotatable bonds is 2. The van der Waals surface area contributed by atoms with Crippen LogP contribution in [0.4, 0.5) is 0 Å². The van der Waals surface area contributed by atoms with E-state index in [9.17, 15) is 9.59 Å². The minimum absolute atomic E-state index is 0.0182. The van der Waals surface area contributed by atoms with Crippen LogP contribution >= 0.6 is 11.6 Å². The first-order valence-corrected chi connectivity index (χ1v) is 10.4. The van der Waals surface area contributed by atoms with Gasteiger partial charge in [0.25, 0.3) is 0 Å². The number of carbonyl (C=O) groups is 2. The molecule has 4 aliphatic carbocycles. The number of esters is 1. The highest BCUT2D eigenvalue weighted by molar-refractivity contribution is 6.32. The average Bonchev–Trinajstić information content (AvgIpc) is 2.86. The third kappa shape index (κ3) is 2.53. The summed E-state index contributed by atoms with van der Waals surface area (Å²) in [6.45, 7) is 6.20. The van der Waals surface area contributed by atoms with Gasteiger partial charge in [0, 0.05) is 29.4 Å². The summed E-state index contributed by atoms with van der Waals surface area (Å²) >= 11 is 6.65. The maximum atomic E-state index is 11.5. The maximum absolute atomic E-state index is 11.5. The molecule has 0 radical (unpaired) electrons. The molecule has 2 saturated carbocycles. The predicted molar refractivity (Wildman–Crippen MR) is 102 cm³/mol. The summed E-state index contributed by atoms with van der Waals surface area (Å²) < 4.78 is 5.51. The Kier molecular flexibility index (Phi) is 4.38. The van der Waals surface area contributed by atoms with Crippen LogP contribution in [-0.2, 0) is 14.3 Å². The highest BCUT2D eigenvalue weighted by Gasteiger charge is 2.58. The first-order chi connectivity index (χ1) is 12.3. The Labute approximate surface area is 161 Å². The second kappa shape index (κ2) is 6.22. The van der Waals surface area contributed by atoms with Crippen molar-refractivity contribution < 1.29 is 14.3 Å². The Balaban J connectivity index is 1.61. The molecule has 4 rings (SSSR count). The Morgan fingerprint density at radius 3 is 2.62 bits per heavy atom. The summed E-state index contributed by atoms with van der Waals surface area (Å²) in [5.74, 6) is 1.55. The van der Waals surface area contributed by atoms with Crippen molar-refractivity contribution in [1.29, 1.82) is 0 Å². The second-order valence-corrected chi connectivity index (χ2v) is 9.73. The van der Waals surface area contributed by atoms with Gasteiger partial charge in [-0.15, -0.1) is 0 Å². The van der Waals surface area contributed by atoms with Gasteiger partial charge in [0.15, 0.2) is 0 Å². The average molecular weight is 377 g/mol. The van der Waals surface area contributed by atoms with Crippen molar-refractivity contribution in [1.82, 2.24) is 0 Å². The van der Waals surface area contributed by atoms with Crippen LogP contribution in [0, 0.1) is 28.6 Å². The van der Waals surface area contributed by atoms with Crippen molar-refractivity contribution in [3.8, 4) is 0 Å². The molecule has 4 aliphatic rings. The highest BCUT2D eigenvalue weighted by Crippen LogP contribution is 2.66. The van der Waals surface area contributed by atoms with Crippen molar-refractivity contribution in [3.63, 3.8) is 0 Å². The van der Waals surface area contributed by atoms with E-state index in [1.807, 2.05) is 0 Å². The van der Waals surface area contributed by atoms with Crippen molar-refractivity contribution in [2.24, 2.45) is 28.6 Å². The molecule has 0 bridgehead atoms. The lowest BCUT2D eigenvalue weighted by Gasteiger charge is -2.57. The van der Waals surface area contributed by atoms with Gasteiger partial charge in [-0.3, -0.25) is 9.59 Å². The first-order valence-electron chi connectivity index (χ1n) is 10.0. The minimum Gasteiger partial charge on any atom is -0.462 e. The zero-order valence-corrected chi connectivity index (χ0v) is 16.8. The molecule has 0 spiro atoms.